The predicted molar refractivity (Wildman–Crippen MR) is 109 cm³/mol. The van der Waals surface area contributed by atoms with Gasteiger partial charge in [-0.1, -0.05) is 55.5 Å². The molecule has 2 amide bonds. The molecule has 1 heterocycles. The minimum Gasteiger partial charge on any atom is -0.370 e. The number of carbonyl (C=O) groups is 2. The first-order valence-corrected chi connectivity index (χ1v) is 10.0. The first-order chi connectivity index (χ1) is 13.5. The van der Waals surface area contributed by atoms with Crippen molar-refractivity contribution in [2.45, 2.75) is 25.8 Å². The average molecular weight is 377 g/mol. The fourth-order valence-corrected chi connectivity index (χ4v) is 4.59. The molecule has 1 aliphatic heterocycles. The molecule has 0 saturated carbocycles. The van der Waals surface area contributed by atoms with Crippen LogP contribution in [-0.2, 0) is 9.59 Å². The number of hydrogen-bond acceptors (Lipinski definition) is 3. The lowest BCUT2D eigenvalue weighted by Crippen LogP contribution is -2.49. The van der Waals surface area contributed by atoms with Crippen molar-refractivity contribution < 1.29 is 9.59 Å². The number of hydrogen-bond donors (Lipinski definition) is 1. The number of piperazine rings is 1. The van der Waals surface area contributed by atoms with Gasteiger partial charge in [0.05, 0.1) is 6.04 Å². The van der Waals surface area contributed by atoms with E-state index in [0.717, 1.165) is 26.2 Å². The van der Waals surface area contributed by atoms with Crippen LogP contribution in [0.2, 0.25) is 0 Å². The van der Waals surface area contributed by atoms with E-state index in [1.54, 1.807) is 0 Å². The number of nitrogens with two attached hydrogens (primary N) is 1. The van der Waals surface area contributed by atoms with Crippen molar-refractivity contribution >= 4 is 11.8 Å². The zero-order chi connectivity index (χ0) is 19.7. The molecule has 2 aromatic carbocycles. The summed E-state index contributed by atoms with van der Waals surface area (Å²) in [5.41, 5.74) is 10.6. The van der Waals surface area contributed by atoms with E-state index in [1.165, 1.54) is 22.3 Å². The maximum Gasteiger partial charge on any atom is 0.222 e. The molecule has 1 aliphatic carbocycles. The van der Waals surface area contributed by atoms with E-state index in [2.05, 4.69) is 53.4 Å². The fraction of sp³-hybridized carbons (Fsp3) is 0.391. The van der Waals surface area contributed by atoms with Crippen molar-refractivity contribution in [2.24, 2.45) is 11.7 Å². The number of fused-ring (bicyclic) bond motifs is 3. The Bertz CT molecular complexity index is 841. The Hall–Kier alpha value is -2.66. The molecule has 5 heteroatoms. The second-order valence-corrected chi connectivity index (χ2v) is 7.97. The first kappa shape index (κ1) is 18.7. The van der Waals surface area contributed by atoms with Crippen molar-refractivity contribution in [3.05, 3.63) is 59.7 Å². The van der Waals surface area contributed by atoms with Crippen molar-refractivity contribution in [3.63, 3.8) is 0 Å². The topological polar surface area (TPSA) is 66.6 Å². The maximum absolute atomic E-state index is 12.6. The summed E-state index contributed by atoms with van der Waals surface area (Å²) in [7, 11) is 0. The molecule has 0 radical (unpaired) electrons. The van der Waals surface area contributed by atoms with Crippen LogP contribution in [0.3, 0.4) is 0 Å². The molecular formula is C23H27N3O2. The zero-order valence-corrected chi connectivity index (χ0v) is 16.3. The molecule has 2 aromatic rings. The fourth-order valence-electron chi connectivity index (χ4n) is 4.59. The van der Waals surface area contributed by atoms with Gasteiger partial charge in [0.25, 0.3) is 0 Å². The summed E-state index contributed by atoms with van der Waals surface area (Å²) in [5.74, 6) is -0.221. The van der Waals surface area contributed by atoms with Crippen LogP contribution in [0.4, 0.5) is 0 Å². The molecule has 1 atom stereocenters. The summed E-state index contributed by atoms with van der Waals surface area (Å²) in [6.07, 6.45) is 0.652. The normalized spacial score (nSPS) is 17.8. The van der Waals surface area contributed by atoms with Crippen LogP contribution in [0.25, 0.3) is 11.1 Å². The van der Waals surface area contributed by atoms with Gasteiger partial charge >= 0.3 is 0 Å². The Morgan fingerprint density at radius 2 is 1.46 bits per heavy atom. The van der Waals surface area contributed by atoms with Gasteiger partial charge in [0.1, 0.15) is 0 Å². The van der Waals surface area contributed by atoms with Gasteiger partial charge in [-0.05, 0) is 28.2 Å². The van der Waals surface area contributed by atoms with Gasteiger partial charge in [0.15, 0.2) is 0 Å². The highest BCUT2D eigenvalue weighted by Crippen LogP contribution is 2.46. The molecule has 2 aliphatic rings. The van der Waals surface area contributed by atoms with Crippen LogP contribution in [0, 0.1) is 5.92 Å². The Kier molecular flexibility index (Phi) is 5.18. The molecule has 28 heavy (non-hydrogen) atoms. The van der Waals surface area contributed by atoms with Gasteiger partial charge < -0.3 is 10.6 Å². The second kappa shape index (κ2) is 7.76. The molecule has 0 aromatic heterocycles. The predicted octanol–water partition coefficient (Wildman–Crippen LogP) is 2.80. The van der Waals surface area contributed by atoms with Crippen LogP contribution in [0.1, 0.15) is 36.9 Å². The second-order valence-electron chi connectivity index (χ2n) is 7.97. The van der Waals surface area contributed by atoms with E-state index in [9.17, 15) is 9.59 Å². The van der Waals surface area contributed by atoms with Gasteiger partial charge in [-0.2, -0.15) is 0 Å². The van der Waals surface area contributed by atoms with E-state index >= 15 is 0 Å². The summed E-state index contributed by atoms with van der Waals surface area (Å²) in [4.78, 5) is 28.0. The smallest absolute Gasteiger partial charge is 0.222 e. The monoisotopic (exact) mass is 377 g/mol. The molecule has 1 saturated heterocycles. The molecule has 146 valence electrons. The highest BCUT2D eigenvalue weighted by molar-refractivity contribution is 5.79. The van der Waals surface area contributed by atoms with Gasteiger partial charge in [0, 0.05) is 39.0 Å². The minimum absolute atomic E-state index is 0.00313. The molecule has 0 bridgehead atoms. The third-order valence-electron chi connectivity index (χ3n) is 5.91. The summed E-state index contributed by atoms with van der Waals surface area (Å²) in [5, 5.41) is 0. The van der Waals surface area contributed by atoms with Gasteiger partial charge in [0.2, 0.25) is 11.8 Å². The first-order valence-electron chi connectivity index (χ1n) is 10.0. The Labute approximate surface area is 166 Å². The van der Waals surface area contributed by atoms with Gasteiger partial charge in [-0.3, -0.25) is 14.5 Å². The standard InChI is InChI=1S/C23H27N3O2/c1-16(14-21(24)27)15-22(28)25-10-12-26(13-11-25)23-19-8-4-2-6-17(19)18-7-3-5-9-20(18)23/h2-9,16,23H,10-15H2,1H3,(H2,24,27). The minimum atomic E-state index is -0.344. The third-order valence-corrected chi connectivity index (χ3v) is 5.91. The lowest BCUT2D eigenvalue weighted by molar-refractivity contribution is -0.134. The van der Waals surface area contributed by atoms with E-state index in [4.69, 9.17) is 5.73 Å². The third kappa shape index (κ3) is 3.54. The van der Waals surface area contributed by atoms with E-state index in [-0.39, 0.29) is 30.2 Å². The average Bonchev–Trinajstić information content (AvgIpc) is 3.02. The highest BCUT2D eigenvalue weighted by Gasteiger charge is 2.34. The maximum atomic E-state index is 12.6. The largest absolute Gasteiger partial charge is 0.370 e. The number of nitrogens with zero attached hydrogens (tertiary/aromatic N) is 2. The van der Waals surface area contributed by atoms with Crippen LogP contribution in [0.5, 0.6) is 0 Å². The zero-order valence-electron chi connectivity index (χ0n) is 16.3. The summed E-state index contributed by atoms with van der Waals surface area (Å²) in [6, 6.07) is 17.5. The molecule has 5 nitrogen and oxygen atoms in total. The SMILES string of the molecule is CC(CC(N)=O)CC(=O)N1CCN(C2c3ccccc3-c3ccccc32)CC1. The number of benzene rings is 2. The van der Waals surface area contributed by atoms with Crippen molar-refractivity contribution in [1.82, 2.24) is 9.80 Å². The molecule has 2 N–H and O–H groups in total. The molecule has 4 rings (SSSR count). The van der Waals surface area contributed by atoms with E-state index < -0.39 is 0 Å². The van der Waals surface area contributed by atoms with E-state index in [1.807, 2.05) is 11.8 Å². The lowest BCUT2D eigenvalue weighted by Gasteiger charge is -2.39. The lowest BCUT2D eigenvalue weighted by atomic mass is 10.0. The molecule has 0 spiro atoms. The molecule has 1 unspecified atom stereocenters. The van der Waals surface area contributed by atoms with E-state index in [0.29, 0.717) is 6.42 Å². The van der Waals surface area contributed by atoms with Crippen LogP contribution in [-0.4, -0.2) is 47.8 Å². The molecule has 1 fully saturated rings. The van der Waals surface area contributed by atoms with Crippen LogP contribution < -0.4 is 5.73 Å². The number of amides is 2. The van der Waals surface area contributed by atoms with Crippen molar-refractivity contribution in [1.29, 1.82) is 0 Å². The van der Waals surface area contributed by atoms with Crippen LogP contribution in [0.15, 0.2) is 48.5 Å². The Balaban J connectivity index is 1.44. The number of carbonyl (C=O) groups excluding carboxylic acids is 2. The summed E-state index contributed by atoms with van der Waals surface area (Å²) in [6.45, 7) is 5.06. The highest BCUT2D eigenvalue weighted by atomic mass is 16.2. The summed E-state index contributed by atoms with van der Waals surface area (Å²) >= 11 is 0. The van der Waals surface area contributed by atoms with Crippen LogP contribution >= 0.6 is 0 Å². The number of primary amides is 1. The molecular weight excluding hydrogens is 350 g/mol. The Morgan fingerprint density at radius 1 is 0.929 bits per heavy atom. The summed E-state index contributed by atoms with van der Waals surface area (Å²) < 4.78 is 0. The quantitative estimate of drug-likeness (QED) is 0.871. The van der Waals surface area contributed by atoms with Crippen molar-refractivity contribution in [3.8, 4) is 11.1 Å². The Morgan fingerprint density at radius 3 is 2.00 bits per heavy atom. The van der Waals surface area contributed by atoms with Gasteiger partial charge in [-0.25, -0.2) is 0 Å². The van der Waals surface area contributed by atoms with Crippen molar-refractivity contribution in [2.75, 3.05) is 26.2 Å². The number of rotatable bonds is 5. The van der Waals surface area contributed by atoms with Gasteiger partial charge in [-0.15, -0.1) is 0 Å².